The van der Waals surface area contributed by atoms with Gasteiger partial charge in [0.1, 0.15) is 47.9 Å². The average Bonchev–Trinajstić information content (AvgIpc) is 3.64. The number of aromatic nitrogens is 5. The van der Waals surface area contributed by atoms with E-state index in [2.05, 4.69) is 32.8 Å². The number of pyridine rings is 1. The van der Waals surface area contributed by atoms with Crippen LogP contribution in [0.4, 0.5) is 5.82 Å². The van der Waals surface area contributed by atoms with E-state index < -0.39 is 91.7 Å². The van der Waals surface area contributed by atoms with Crippen molar-refractivity contribution in [1.82, 2.24) is 19.5 Å². The van der Waals surface area contributed by atoms with E-state index in [9.17, 15) is 53.4 Å². The summed E-state index contributed by atoms with van der Waals surface area (Å²) in [4.78, 5) is 66.4. The third-order valence-electron chi connectivity index (χ3n) is 6.97. The smallest absolute Gasteiger partial charge is 0.756 e. The van der Waals surface area contributed by atoms with Gasteiger partial charge in [-0.2, -0.15) is 4.57 Å². The molecule has 3 aromatic heterocycles. The Morgan fingerprint density at radius 2 is 1.69 bits per heavy atom. The maximum absolute atomic E-state index is 12.5. The summed E-state index contributed by atoms with van der Waals surface area (Å²) in [6, 6.07) is 2.77. The molecule has 24 nitrogen and oxygen atoms in total. The summed E-state index contributed by atoms with van der Waals surface area (Å²) in [6.07, 6.45) is -8.82. The quantitative estimate of drug-likeness (QED) is 0.0483. The zero-order chi connectivity index (χ0) is 35.2. The van der Waals surface area contributed by atoms with Crippen LogP contribution in [0.1, 0.15) is 22.8 Å². The standard InChI is InChI=1S/C21H28N7O17P3.Na/c22-17-12-19(25-7-24-17)28(8-26-12)21-16(44-46(33,34)35)14(30)11(43-21)6-41-48(38,39)45-47(36,37)40-5-10-13(29)15(31)20(42-10)27-3-1-2-9(4-27)18(23)32;/h1-4,7-8,10-11,13-16,20-21,29-31H,5-6H2,(H7-,22,23,24,25,32,33,34,35,36,37,38,39);/q;+1/p-1/t10?,11?,13?,14?,15?,16?,20-,21?;/m1./s1. The van der Waals surface area contributed by atoms with E-state index in [1.807, 2.05) is 0 Å². The Morgan fingerprint density at radius 3 is 2.37 bits per heavy atom. The number of primary amides is 1. The molecule has 49 heavy (non-hydrogen) atoms. The first-order valence-electron chi connectivity index (χ1n) is 13.3. The topological polar surface area (TPSA) is 370 Å². The molecule has 2 saturated heterocycles. The van der Waals surface area contributed by atoms with Crippen LogP contribution < -0.4 is 55.4 Å². The van der Waals surface area contributed by atoms with Crippen LogP contribution in [-0.4, -0.2) is 100 Å². The van der Waals surface area contributed by atoms with Crippen molar-refractivity contribution in [2.24, 2.45) is 5.73 Å². The van der Waals surface area contributed by atoms with Gasteiger partial charge in [0.2, 0.25) is 0 Å². The molecule has 0 saturated carbocycles. The Labute approximate surface area is 296 Å². The number of fused-ring (bicyclic) bond motifs is 1. The number of phosphoric ester groups is 3. The van der Waals surface area contributed by atoms with Crippen molar-refractivity contribution in [3.63, 3.8) is 0 Å². The van der Waals surface area contributed by atoms with Gasteiger partial charge in [-0.1, -0.05) is 0 Å². The Bertz CT molecular complexity index is 1820. The van der Waals surface area contributed by atoms with Crippen LogP contribution in [0.15, 0.2) is 37.2 Å². The van der Waals surface area contributed by atoms with Gasteiger partial charge in [-0.15, -0.1) is 0 Å². The fraction of sp³-hybridized carbons (Fsp3) is 0.476. The van der Waals surface area contributed by atoms with Crippen LogP contribution in [0.3, 0.4) is 0 Å². The van der Waals surface area contributed by atoms with Crippen molar-refractivity contribution in [1.29, 1.82) is 0 Å². The molecular formula is C21H27N7NaO17P3. The minimum atomic E-state index is -5.73. The number of nitrogens with zero attached hydrogens (tertiary/aromatic N) is 5. The normalized spacial score (nSPS) is 30.7. The molecule has 28 heteroatoms. The first kappa shape index (κ1) is 39.9. The molecule has 9 N–H and O–H groups in total. The first-order valence-corrected chi connectivity index (χ1v) is 17.8. The molecule has 5 rings (SSSR count). The number of imidazole rings is 1. The van der Waals surface area contributed by atoms with Gasteiger partial charge >= 0.3 is 37.4 Å². The van der Waals surface area contributed by atoms with Crippen molar-refractivity contribution in [3.8, 4) is 0 Å². The summed E-state index contributed by atoms with van der Waals surface area (Å²) in [5, 5.41) is 31.4. The van der Waals surface area contributed by atoms with Crippen molar-refractivity contribution in [2.75, 3.05) is 18.9 Å². The van der Waals surface area contributed by atoms with Crippen LogP contribution in [-0.2, 0) is 41.1 Å². The molecule has 0 aromatic carbocycles. The predicted octanol–water partition coefficient (Wildman–Crippen LogP) is -7.16. The summed E-state index contributed by atoms with van der Waals surface area (Å²) in [6.45, 7) is -2.15. The van der Waals surface area contributed by atoms with Gasteiger partial charge in [0, 0.05) is 6.07 Å². The van der Waals surface area contributed by atoms with E-state index in [0.29, 0.717) is 0 Å². The van der Waals surface area contributed by atoms with Gasteiger partial charge in [0.15, 0.2) is 36.2 Å². The number of amides is 1. The number of rotatable bonds is 13. The number of phosphoric acid groups is 3. The fourth-order valence-electron chi connectivity index (χ4n) is 4.82. The third kappa shape index (κ3) is 9.33. The van der Waals surface area contributed by atoms with Crippen molar-refractivity contribution < 1.29 is 115 Å². The van der Waals surface area contributed by atoms with E-state index in [1.54, 1.807) is 0 Å². The molecule has 0 radical (unpaired) electrons. The van der Waals surface area contributed by atoms with E-state index in [4.69, 9.17) is 20.9 Å². The molecule has 264 valence electrons. The number of nitrogens with two attached hydrogens (primary N) is 2. The number of carbonyl (C=O) groups excluding carboxylic acids is 1. The zero-order valence-electron chi connectivity index (χ0n) is 24.9. The molecular weight excluding hydrogens is 738 g/mol. The molecule has 2 fully saturated rings. The van der Waals surface area contributed by atoms with E-state index in [0.717, 1.165) is 17.2 Å². The molecule has 0 aliphatic carbocycles. The minimum Gasteiger partial charge on any atom is -0.756 e. The van der Waals surface area contributed by atoms with Gasteiger partial charge in [0.25, 0.3) is 27.8 Å². The Hall–Kier alpha value is -1.86. The second kappa shape index (κ2) is 15.4. The number of ether oxygens (including phenoxy) is 2. The maximum Gasteiger partial charge on any atom is 1.00 e. The molecule has 1 amide bonds. The number of hydrogen-bond donors (Lipinski definition) is 7. The second-order valence-electron chi connectivity index (χ2n) is 10.2. The summed E-state index contributed by atoms with van der Waals surface area (Å²) in [7, 11) is -16.9. The van der Waals surface area contributed by atoms with Gasteiger partial charge in [-0.25, -0.2) is 23.8 Å². The van der Waals surface area contributed by atoms with Gasteiger partial charge in [0.05, 0.1) is 19.5 Å². The molecule has 0 spiro atoms. The maximum atomic E-state index is 12.5. The summed E-state index contributed by atoms with van der Waals surface area (Å²) in [5.74, 6) is -0.877. The number of aliphatic hydroxyl groups excluding tert-OH is 3. The van der Waals surface area contributed by atoms with Crippen LogP contribution in [0.2, 0.25) is 0 Å². The van der Waals surface area contributed by atoms with E-state index in [-0.39, 0.29) is 52.1 Å². The number of nitrogen functional groups attached to an aromatic ring is 1. The zero-order valence-corrected chi connectivity index (χ0v) is 29.5. The van der Waals surface area contributed by atoms with Gasteiger partial charge in [-0.05, 0) is 6.07 Å². The Kier molecular flexibility index (Phi) is 12.5. The second-order valence-corrected chi connectivity index (χ2v) is 14.4. The molecule has 0 bridgehead atoms. The largest absolute Gasteiger partial charge is 1.00 e. The van der Waals surface area contributed by atoms with Gasteiger partial charge < -0.3 is 64.9 Å². The van der Waals surface area contributed by atoms with Crippen LogP contribution in [0, 0.1) is 0 Å². The molecule has 11 atom stereocenters. The molecule has 10 unspecified atom stereocenters. The van der Waals surface area contributed by atoms with Crippen molar-refractivity contribution in [2.45, 2.75) is 49.1 Å². The van der Waals surface area contributed by atoms with E-state index >= 15 is 0 Å². The average molecular weight is 765 g/mol. The van der Waals surface area contributed by atoms with Crippen LogP contribution >= 0.6 is 23.5 Å². The third-order valence-corrected chi connectivity index (χ3v) is 10.0. The first-order chi connectivity index (χ1) is 22.4. The van der Waals surface area contributed by atoms with Crippen molar-refractivity contribution >= 4 is 46.4 Å². The van der Waals surface area contributed by atoms with Crippen LogP contribution in [0.5, 0.6) is 0 Å². The van der Waals surface area contributed by atoms with Crippen molar-refractivity contribution in [3.05, 3.63) is 42.7 Å². The summed E-state index contributed by atoms with van der Waals surface area (Å²) in [5.41, 5.74) is 11.0. The predicted molar refractivity (Wildman–Crippen MR) is 146 cm³/mol. The monoisotopic (exact) mass is 765 g/mol. The number of carbonyl (C=O) groups is 1. The molecule has 3 aromatic rings. The fourth-order valence-corrected chi connectivity index (χ4v) is 7.41. The molecule has 2 aliphatic rings. The summed E-state index contributed by atoms with van der Waals surface area (Å²) >= 11 is 0. The van der Waals surface area contributed by atoms with Gasteiger partial charge in [-0.3, -0.25) is 23.0 Å². The van der Waals surface area contributed by atoms with E-state index in [1.165, 1.54) is 29.1 Å². The number of hydrogen-bond acceptors (Lipinski definition) is 19. The minimum absolute atomic E-state index is 0. The summed E-state index contributed by atoms with van der Waals surface area (Å²) < 4.78 is 67.5. The molecule has 5 heterocycles. The Balaban J connectivity index is 0.00000541. The number of anilines is 1. The Morgan fingerprint density at radius 1 is 1.02 bits per heavy atom. The number of aliphatic hydroxyl groups is 3. The SMILES string of the molecule is NC(=O)c1ccc[n+]([C@@H]2OC(COP(=O)([O-])OP(=O)(O)OCC3OC(n4cnc5c(N)ncnc54)C(OP(=O)([O-])O)C3O)C(O)C2O)c1.[Na+]. The van der Waals surface area contributed by atoms with Crippen LogP contribution in [0.25, 0.3) is 11.2 Å². The molecule has 2 aliphatic heterocycles.